The third-order valence-corrected chi connectivity index (χ3v) is 7.82. The third-order valence-electron chi connectivity index (χ3n) is 6.83. The molecule has 10 heteroatoms. The molecular weight excluding hydrogens is 581 g/mol. The lowest BCUT2D eigenvalue weighted by Gasteiger charge is -2.15. The molecule has 0 aromatic rings. The Kier molecular flexibility index (Phi) is 30.0. The fourth-order valence-corrected chi connectivity index (χ4v) is 5.03. The molecule has 0 rings (SSSR count). The number of allylic oxidation sites excluding steroid dienone is 6. The minimum atomic E-state index is -4.41. The number of unbranched alkanes of at least 4 members (excludes halogenated alkanes) is 12. The summed E-state index contributed by atoms with van der Waals surface area (Å²) in [6, 6.07) is 0. The van der Waals surface area contributed by atoms with Gasteiger partial charge in [0.15, 0.2) is 0 Å². The van der Waals surface area contributed by atoms with Crippen molar-refractivity contribution in [1.29, 1.82) is 0 Å². The number of nitrogens with one attached hydrogen (secondary N) is 1. The molecule has 0 aromatic heterocycles. The molecule has 0 spiro atoms. The van der Waals surface area contributed by atoms with Gasteiger partial charge in [-0.3, -0.25) is 18.6 Å². The number of phosphoric ester groups is 1. The highest BCUT2D eigenvalue weighted by molar-refractivity contribution is 7.47. The number of carbonyl (C=O) groups is 2. The first kappa shape index (κ1) is 42.2. The van der Waals surface area contributed by atoms with E-state index in [0.717, 1.165) is 57.8 Å². The van der Waals surface area contributed by atoms with Gasteiger partial charge in [-0.2, -0.15) is 0 Å². The minimum absolute atomic E-state index is 0.0789. The van der Waals surface area contributed by atoms with Crippen molar-refractivity contribution in [2.45, 2.75) is 142 Å². The lowest BCUT2D eigenvalue weighted by Crippen LogP contribution is -2.27. The van der Waals surface area contributed by atoms with Crippen LogP contribution in [0.15, 0.2) is 36.5 Å². The van der Waals surface area contributed by atoms with Gasteiger partial charge in [0.1, 0.15) is 12.7 Å². The van der Waals surface area contributed by atoms with Gasteiger partial charge >= 0.3 is 13.8 Å². The van der Waals surface area contributed by atoms with E-state index < -0.39 is 26.5 Å². The van der Waals surface area contributed by atoms with Gasteiger partial charge in [-0.1, -0.05) is 115 Å². The van der Waals surface area contributed by atoms with Gasteiger partial charge < -0.3 is 20.1 Å². The second-order valence-electron chi connectivity index (χ2n) is 11.1. The zero-order valence-electron chi connectivity index (χ0n) is 27.6. The van der Waals surface area contributed by atoms with Gasteiger partial charge in [0, 0.05) is 19.4 Å². The summed E-state index contributed by atoms with van der Waals surface area (Å²) in [7, 11) is -4.41. The predicted molar refractivity (Wildman–Crippen MR) is 178 cm³/mol. The van der Waals surface area contributed by atoms with E-state index in [2.05, 4.69) is 55.6 Å². The number of carbonyl (C=O) groups excluding carboxylic acids is 2. The summed E-state index contributed by atoms with van der Waals surface area (Å²) in [5.41, 5.74) is 0. The normalized spacial score (nSPS) is 14.0. The Labute approximate surface area is 267 Å². The summed E-state index contributed by atoms with van der Waals surface area (Å²) < 4.78 is 26.6. The standard InChI is InChI=1S/C34H62NO8P/c1-3-5-7-9-11-13-15-16-17-19-21-23-25-27-34(38)41-30-32(36)31-43-44(39,40)42-29-28-35-33(37)26-24-22-20-18-14-12-10-8-6-4-2/h5,7,11,13,16-17,32,36H,3-4,6,8-10,12,14-15,18-31H2,1-2H3,(H,35,37)(H,39,40)/b7-5-,13-11-,17-16-. The smallest absolute Gasteiger partial charge is 0.463 e. The molecule has 256 valence electrons. The summed E-state index contributed by atoms with van der Waals surface area (Å²) in [4.78, 5) is 33.6. The third kappa shape index (κ3) is 31.6. The molecule has 0 saturated heterocycles. The summed E-state index contributed by atoms with van der Waals surface area (Å²) in [5, 5.41) is 12.6. The lowest BCUT2D eigenvalue weighted by atomic mass is 10.1. The van der Waals surface area contributed by atoms with Crippen LogP contribution in [-0.4, -0.2) is 54.3 Å². The maximum Gasteiger partial charge on any atom is 0.472 e. The van der Waals surface area contributed by atoms with E-state index in [1.165, 1.54) is 44.9 Å². The maximum absolute atomic E-state index is 12.0. The average Bonchev–Trinajstić information content (AvgIpc) is 3.00. The first-order chi connectivity index (χ1) is 21.3. The molecule has 0 aliphatic heterocycles. The first-order valence-corrected chi connectivity index (χ1v) is 18.5. The number of amides is 1. The summed E-state index contributed by atoms with van der Waals surface area (Å²) in [5.74, 6) is -0.551. The number of hydrogen-bond acceptors (Lipinski definition) is 7. The number of ether oxygens (including phenoxy) is 1. The highest BCUT2D eigenvalue weighted by Crippen LogP contribution is 2.42. The van der Waals surface area contributed by atoms with Gasteiger partial charge in [-0.05, 0) is 44.9 Å². The fraction of sp³-hybridized carbons (Fsp3) is 0.765. The Hall–Kier alpha value is -1.77. The van der Waals surface area contributed by atoms with Crippen LogP contribution in [-0.2, 0) is 27.9 Å². The highest BCUT2D eigenvalue weighted by Gasteiger charge is 2.23. The Morgan fingerprint density at radius 3 is 1.95 bits per heavy atom. The van der Waals surface area contributed by atoms with Gasteiger partial charge in [0.25, 0.3) is 0 Å². The Morgan fingerprint density at radius 2 is 1.30 bits per heavy atom. The van der Waals surface area contributed by atoms with Crippen molar-refractivity contribution in [2.24, 2.45) is 0 Å². The van der Waals surface area contributed by atoms with Crippen molar-refractivity contribution >= 4 is 19.7 Å². The van der Waals surface area contributed by atoms with Crippen molar-refractivity contribution in [2.75, 3.05) is 26.4 Å². The monoisotopic (exact) mass is 643 g/mol. The number of aliphatic hydroxyl groups is 1. The maximum atomic E-state index is 12.0. The van der Waals surface area contributed by atoms with Gasteiger partial charge in [-0.15, -0.1) is 0 Å². The average molecular weight is 644 g/mol. The number of phosphoric acid groups is 1. The quantitative estimate of drug-likeness (QED) is 0.0298. The molecule has 9 nitrogen and oxygen atoms in total. The van der Waals surface area contributed by atoms with Crippen LogP contribution >= 0.6 is 7.82 Å². The summed E-state index contributed by atoms with van der Waals surface area (Å²) in [6.07, 6.45) is 30.8. The molecule has 2 unspecified atom stereocenters. The van der Waals surface area contributed by atoms with Crippen LogP contribution < -0.4 is 5.32 Å². The van der Waals surface area contributed by atoms with E-state index in [1.807, 2.05) is 0 Å². The topological polar surface area (TPSA) is 131 Å². The summed E-state index contributed by atoms with van der Waals surface area (Å²) >= 11 is 0. The fourth-order valence-electron chi connectivity index (χ4n) is 4.27. The van der Waals surface area contributed by atoms with E-state index in [1.54, 1.807) is 0 Å². The Balaban J connectivity index is 3.70. The zero-order chi connectivity index (χ0) is 32.6. The van der Waals surface area contributed by atoms with E-state index >= 15 is 0 Å². The number of hydrogen-bond donors (Lipinski definition) is 3. The van der Waals surface area contributed by atoms with Crippen molar-refractivity contribution < 1.29 is 37.9 Å². The van der Waals surface area contributed by atoms with Gasteiger partial charge in [-0.25, -0.2) is 4.57 Å². The van der Waals surface area contributed by atoms with E-state index in [4.69, 9.17) is 13.8 Å². The molecule has 0 aromatic carbocycles. The van der Waals surface area contributed by atoms with Crippen molar-refractivity contribution in [3.63, 3.8) is 0 Å². The molecular formula is C34H62NO8P. The lowest BCUT2D eigenvalue weighted by molar-refractivity contribution is -0.147. The molecule has 0 aliphatic carbocycles. The van der Waals surface area contributed by atoms with E-state index in [-0.39, 0.29) is 32.1 Å². The van der Waals surface area contributed by atoms with Crippen molar-refractivity contribution in [1.82, 2.24) is 5.32 Å². The minimum Gasteiger partial charge on any atom is -0.463 e. The second-order valence-corrected chi connectivity index (χ2v) is 12.6. The van der Waals surface area contributed by atoms with Gasteiger partial charge in [0.2, 0.25) is 5.91 Å². The van der Waals surface area contributed by atoms with Gasteiger partial charge in [0.05, 0.1) is 13.2 Å². The molecule has 2 atom stereocenters. The molecule has 0 bridgehead atoms. The number of rotatable bonds is 31. The zero-order valence-corrected chi connectivity index (χ0v) is 28.5. The molecule has 44 heavy (non-hydrogen) atoms. The van der Waals surface area contributed by atoms with Crippen LogP contribution in [0.3, 0.4) is 0 Å². The van der Waals surface area contributed by atoms with E-state index in [0.29, 0.717) is 12.8 Å². The summed E-state index contributed by atoms with van der Waals surface area (Å²) in [6.45, 7) is 3.36. The molecule has 0 aliphatic rings. The van der Waals surface area contributed by atoms with Crippen LogP contribution in [0.1, 0.15) is 136 Å². The molecule has 3 N–H and O–H groups in total. The largest absolute Gasteiger partial charge is 0.472 e. The number of aliphatic hydroxyl groups excluding tert-OH is 1. The Morgan fingerprint density at radius 1 is 0.727 bits per heavy atom. The van der Waals surface area contributed by atoms with Crippen LogP contribution in [0.4, 0.5) is 0 Å². The first-order valence-electron chi connectivity index (χ1n) is 17.0. The van der Waals surface area contributed by atoms with Crippen LogP contribution in [0.2, 0.25) is 0 Å². The van der Waals surface area contributed by atoms with Crippen LogP contribution in [0.25, 0.3) is 0 Å². The molecule has 0 fully saturated rings. The second kappa shape index (κ2) is 31.2. The molecule has 0 heterocycles. The van der Waals surface area contributed by atoms with Crippen LogP contribution in [0, 0.1) is 0 Å². The number of esters is 1. The molecule has 1 amide bonds. The molecule has 0 radical (unpaired) electrons. The Bertz CT molecular complexity index is 830. The highest BCUT2D eigenvalue weighted by atomic mass is 31.2. The van der Waals surface area contributed by atoms with Crippen molar-refractivity contribution in [3.05, 3.63) is 36.5 Å². The predicted octanol–water partition coefficient (Wildman–Crippen LogP) is 8.26. The molecule has 0 saturated carbocycles. The van der Waals surface area contributed by atoms with Crippen LogP contribution in [0.5, 0.6) is 0 Å². The SMILES string of the molecule is CC/C=C\C/C=C\C/C=C\CCCCCC(=O)OCC(O)COP(=O)(O)OCCNC(=O)CCCCCCCCCCCC. The van der Waals surface area contributed by atoms with Crippen molar-refractivity contribution in [3.8, 4) is 0 Å². The van der Waals surface area contributed by atoms with E-state index in [9.17, 15) is 24.2 Å².